The van der Waals surface area contributed by atoms with Crippen molar-refractivity contribution in [2.75, 3.05) is 19.0 Å². The van der Waals surface area contributed by atoms with Crippen LogP contribution in [0.4, 0.5) is 10.5 Å². The summed E-state index contributed by atoms with van der Waals surface area (Å²) in [6.45, 7) is 3.51. The van der Waals surface area contributed by atoms with Gasteiger partial charge in [0.1, 0.15) is 5.75 Å². The van der Waals surface area contributed by atoms with Crippen LogP contribution >= 0.6 is 0 Å². The van der Waals surface area contributed by atoms with Gasteiger partial charge in [-0.3, -0.25) is 4.79 Å². The third-order valence-corrected chi connectivity index (χ3v) is 2.71. The standard InChI is InChI=1S/C13H19N3O3/c1-13(2,11(14)17)8-15-12(18)16-9-4-6-10(19-3)7-5-9/h4-7H,8H2,1-3H3,(H2,14,17)(H2,15,16,18). The fourth-order valence-corrected chi connectivity index (χ4v) is 1.24. The van der Waals surface area contributed by atoms with Crippen LogP contribution in [-0.4, -0.2) is 25.6 Å². The van der Waals surface area contributed by atoms with Crippen molar-refractivity contribution in [3.05, 3.63) is 24.3 Å². The molecule has 0 heterocycles. The second kappa shape index (κ2) is 6.08. The fraction of sp³-hybridized carbons (Fsp3) is 0.385. The van der Waals surface area contributed by atoms with Crippen molar-refractivity contribution >= 4 is 17.6 Å². The predicted molar refractivity (Wildman–Crippen MR) is 73.0 cm³/mol. The second-order valence-corrected chi connectivity index (χ2v) is 4.78. The number of urea groups is 1. The minimum atomic E-state index is -0.781. The summed E-state index contributed by atoms with van der Waals surface area (Å²) < 4.78 is 5.01. The summed E-state index contributed by atoms with van der Waals surface area (Å²) in [5.41, 5.74) is 5.07. The number of anilines is 1. The Morgan fingerprint density at radius 2 is 1.84 bits per heavy atom. The lowest BCUT2D eigenvalue weighted by Gasteiger charge is -2.20. The van der Waals surface area contributed by atoms with Crippen molar-refractivity contribution in [2.24, 2.45) is 11.1 Å². The number of rotatable bonds is 5. The summed E-state index contributed by atoms with van der Waals surface area (Å²) in [7, 11) is 1.57. The van der Waals surface area contributed by atoms with Gasteiger partial charge in [0.25, 0.3) is 0 Å². The van der Waals surface area contributed by atoms with E-state index in [1.54, 1.807) is 45.2 Å². The van der Waals surface area contributed by atoms with Gasteiger partial charge in [-0.1, -0.05) is 0 Å². The van der Waals surface area contributed by atoms with E-state index in [-0.39, 0.29) is 12.6 Å². The molecule has 1 aromatic rings. The first-order chi connectivity index (χ1) is 8.85. The highest BCUT2D eigenvalue weighted by Gasteiger charge is 2.25. The smallest absolute Gasteiger partial charge is 0.319 e. The molecule has 0 spiro atoms. The summed E-state index contributed by atoms with van der Waals surface area (Å²) in [5.74, 6) is 0.248. The molecule has 0 saturated carbocycles. The van der Waals surface area contributed by atoms with E-state index in [9.17, 15) is 9.59 Å². The molecule has 0 aliphatic heterocycles. The Labute approximate surface area is 112 Å². The number of primary amides is 1. The highest BCUT2D eigenvalue weighted by atomic mass is 16.5. The summed E-state index contributed by atoms with van der Waals surface area (Å²) in [5, 5.41) is 5.25. The molecule has 0 fully saturated rings. The molecule has 0 unspecified atom stereocenters. The van der Waals surface area contributed by atoms with Gasteiger partial charge in [-0.15, -0.1) is 0 Å². The lowest BCUT2D eigenvalue weighted by molar-refractivity contribution is -0.125. The predicted octanol–water partition coefficient (Wildman–Crippen LogP) is 1.33. The average Bonchev–Trinajstić information content (AvgIpc) is 2.37. The lowest BCUT2D eigenvalue weighted by atomic mass is 9.93. The Balaban J connectivity index is 2.49. The number of methoxy groups -OCH3 is 1. The summed E-state index contributed by atoms with van der Waals surface area (Å²) >= 11 is 0. The van der Waals surface area contributed by atoms with E-state index in [0.717, 1.165) is 0 Å². The average molecular weight is 265 g/mol. The molecular weight excluding hydrogens is 246 g/mol. The number of hydrogen-bond donors (Lipinski definition) is 3. The van der Waals surface area contributed by atoms with E-state index >= 15 is 0 Å². The van der Waals surface area contributed by atoms with Crippen LogP contribution in [-0.2, 0) is 4.79 Å². The van der Waals surface area contributed by atoms with Gasteiger partial charge in [0, 0.05) is 12.2 Å². The van der Waals surface area contributed by atoms with Crippen molar-refractivity contribution in [1.82, 2.24) is 5.32 Å². The van der Waals surface area contributed by atoms with Crippen LogP contribution in [0.2, 0.25) is 0 Å². The van der Waals surface area contributed by atoms with Crippen LogP contribution in [0.15, 0.2) is 24.3 Å². The number of carbonyl (C=O) groups is 2. The van der Waals surface area contributed by atoms with Gasteiger partial charge in [-0.25, -0.2) is 4.79 Å². The first-order valence-electron chi connectivity index (χ1n) is 5.84. The van der Waals surface area contributed by atoms with Gasteiger partial charge >= 0.3 is 6.03 Å². The van der Waals surface area contributed by atoms with Gasteiger partial charge in [-0.2, -0.15) is 0 Å². The molecule has 3 amide bonds. The van der Waals surface area contributed by atoms with Crippen molar-refractivity contribution in [3.63, 3.8) is 0 Å². The molecule has 0 atom stereocenters. The van der Waals surface area contributed by atoms with Crippen LogP contribution in [0, 0.1) is 5.41 Å². The molecule has 6 nitrogen and oxygen atoms in total. The third-order valence-electron chi connectivity index (χ3n) is 2.71. The van der Waals surface area contributed by atoms with Crippen LogP contribution in [0.5, 0.6) is 5.75 Å². The quantitative estimate of drug-likeness (QED) is 0.749. The highest BCUT2D eigenvalue weighted by molar-refractivity contribution is 5.90. The Kier molecular flexibility index (Phi) is 4.74. The topological polar surface area (TPSA) is 93.4 Å². The maximum absolute atomic E-state index is 11.6. The zero-order valence-corrected chi connectivity index (χ0v) is 11.3. The third kappa shape index (κ3) is 4.50. The number of benzene rings is 1. The number of hydrogen-bond acceptors (Lipinski definition) is 3. The highest BCUT2D eigenvalue weighted by Crippen LogP contribution is 2.15. The molecule has 1 aromatic carbocycles. The van der Waals surface area contributed by atoms with Crippen molar-refractivity contribution in [2.45, 2.75) is 13.8 Å². The molecule has 1 rings (SSSR count). The molecule has 6 heteroatoms. The van der Waals surface area contributed by atoms with Crippen LogP contribution in [0.3, 0.4) is 0 Å². The minimum Gasteiger partial charge on any atom is -0.497 e. The summed E-state index contributed by atoms with van der Waals surface area (Å²) in [4.78, 5) is 22.7. The van der Waals surface area contributed by atoms with E-state index in [4.69, 9.17) is 10.5 Å². The number of ether oxygens (including phenoxy) is 1. The molecule has 0 bridgehead atoms. The van der Waals surface area contributed by atoms with Gasteiger partial charge in [0.05, 0.1) is 12.5 Å². The van der Waals surface area contributed by atoms with Gasteiger partial charge in [0.2, 0.25) is 5.91 Å². The van der Waals surface area contributed by atoms with Crippen LogP contribution in [0.1, 0.15) is 13.8 Å². The van der Waals surface area contributed by atoms with E-state index in [0.29, 0.717) is 11.4 Å². The van der Waals surface area contributed by atoms with E-state index in [1.165, 1.54) is 0 Å². The molecule has 0 aromatic heterocycles. The molecule has 0 radical (unpaired) electrons. The largest absolute Gasteiger partial charge is 0.497 e. The second-order valence-electron chi connectivity index (χ2n) is 4.78. The lowest BCUT2D eigenvalue weighted by Crippen LogP contribution is -2.43. The maximum atomic E-state index is 11.6. The summed E-state index contributed by atoms with van der Waals surface area (Å²) in [6, 6.07) is 6.53. The Bertz CT molecular complexity index is 455. The van der Waals surface area contributed by atoms with Crippen molar-refractivity contribution in [1.29, 1.82) is 0 Å². The Morgan fingerprint density at radius 3 is 2.32 bits per heavy atom. The van der Waals surface area contributed by atoms with Crippen molar-refractivity contribution in [3.8, 4) is 5.75 Å². The summed E-state index contributed by atoms with van der Waals surface area (Å²) in [6.07, 6.45) is 0. The normalized spacial score (nSPS) is 10.7. The Hall–Kier alpha value is -2.24. The van der Waals surface area contributed by atoms with Crippen LogP contribution < -0.4 is 21.1 Å². The maximum Gasteiger partial charge on any atom is 0.319 e. The van der Waals surface area contributed by atoms with E-state index in [1.807, 2.05) is 0 Å². The first kappa shape index (κ1) is 14.8. The zero-order valence-electron chi connectivity index (χ0n) is 11.3. The Morgan fingerprint density at radius 1 is 1.26 bits per heavy atom. The molecule has 0 aliphatic rings. The molecule has 19 heavy (non-hydrogen) atoms. The van der Waals surface area contributed by atoms with Gasteiger partial charge in [0.15, 0.2) is 0 Å². The SMILES string of the molecule is COc1ccc(NC(=O)NCC(C)(C)C(N)=O)cc1. The molecule has 4 N–H and O–H groups in total. The molecule has 0 saturated heterocycles. The number of amides is 3. The number of nitrogens with one attached hydrogen (secondary N) is 2. The fourth-order valence-electron chi connectivity index (χ4n) is 1.24. The number of nitrogens with two attached hydrogens (primary N) is 1. The molecule has 104 valence electrons. The number of carbonyl (C=O) groups excluding carboxylic acids is 2. The first-order valence-corrected chi connectivity index (χ1v) is 5.84. The van der Waals surface area contributed by atoms with Gasteiger partial charge < -0.3 is 21.1 Å². The monoisotopic (exact) mass is 265 g/mol. The van der Waals surface area contributed by atoms with E-state index < -0.39 is 11.3 Å². The zero-order chi connectivity index (χ0) is 14.5. The van der Waals surface area contributed by atoms with Gasteiger partial charge in [-0.05, 0) is 38.1 Å². The molecular formula is C13H19N3O3. The minimum absolute atomic E-state index is 0.171. The molecule has 0 aliphatic carbocycles. The van der Waals surface area contributed by atoms with E-state index in [2.05, 4.69) is 10.6 Å². The van der Waals surface area contributed by atoms with Crippen LogP contribution in [0.25, 0.3) is 0 Å². The van der Waals surface area contributed by atoms with Crippen molar-refractivity contribution < 1.29 is 14.3 Å².